The smallest absolute Gasteiger partial charge is 0.407 e. The summed E-state index contributed by atoms with van der Waals surface area (Å²) in [5.41, 5.74) is -0.471. The molecule has 0 aromatic carbocycles. The maximum absolute atomic E-state index is 12.0. The summed E-state index contributed by atoms with van der Waals surface area (Å²) in [5.74, 6) is 2.25. The average Bonchev–Trinajstić information content (AvgIpc) is 3.15. The van der Waals surface area contributed by atoms with Gasteiger partial charge < -0.3 is 14.5 Å². The molecule has 3 rings (SSSR count). The standard InChI is InChI=1S/C18H25N3O3/c1-18(2,3)24-17(22)20-16-7-4-12-9-21(11-15(12)16)10-14-6-5-13(8-19)23-14/h5-6,12,15-16H,4,7,9-11H2,1-3H3,(H,20,22). The van der Waals surface area contributed by atoms with E-state index in [0.717, 1.165) is 31.7 Å². The molecular weight excluding hydrogens is 306 g/mol. The minimum atomic E-state index is -0.471. The normalized spacial score (nSPS) is 26.8. The van der Waals surface area contributed by atoms with Crippen molar-refractivity contribution in [2.75, 3.05) is 13.1 Å². The van der Waals surface area contributed by atoms with Crippen LogP contribution in [0.25, 0.3) is 0 Å². The van der Waals surface area contributed by atoms with Gasteiger partial charge in [0.1, 0.15) is 17.4 Å². The molecule has 24 heavy (non-hydrogen) atoms. The van der Waals surface area contributed by atoms with E-state index >= 15 is 0 Å². The number of amides is 1. The van der Waals surface area contributed by atoms with Gasteiger partial charge in [0.05, 0.1) is 6.54 Å². The second-order valence-electron chi connectivity index (χ2n) is 7.83. The fourth-order valence-corrected chi connectivity index (χ4v) is 3.87. The zero-order valence-electron chi connectivity index (χ0n) is 14.5. The van der Waals surface area contributed by atoms with Gasteiger partial charge in [-0.15, -0.1) is 0 Å². The van der Waals surface area contributed by atoms with E-state index in [1.165, 1.54) is 0 Å². The predicted octanol–water partition coefficient (Wildman–Crippen LogP) is 2.89. The van der Waals surface area contributed by atoms with Crippen LogP contribution in [0.4, 0.5) is 4.79 Å². The van der Waals surface area contributed by atoms with Crippen molar-refractivity contribution < 1.29 is 13.9 Å². The molecule has 1 saturated carbocycles. The van der Waals surface area contributed by atoms with Crippen molar-refractivity contribution in [2.24, 2.45) is 11.8 Å². The molecule has 1 aliphatic heterocycles. The van der Waals surface area contributed by atoms with Gasteiger partial charge in [0.15, 0.2) is 0 Å². The number of rotatable bonds is 3. The summed E-state index contributed by atoms with van der Waals surface area (Å²) in [6.07, 6.45) is 1.82. The number of furan rings is 1. The van der Waals surface area contributed by atoms with Crippen molar-refractivity contribution in [2.45, 2.75) is 51.8 Å². The fraction of sp³-hybridized carbons (Fsp3) is 0.667. The number of nitriles is 1. The van der Waals surface area contributed by atoms with E-state index in [-0.39, 0.29) is 12.1 Å². The molecule has 3 unspecified atom stereocenters. The van der Waals surface area contributed by atoms with Crippen molar-refractivity contribution in [3.63, 3.8) is 0 Å². The van der Waals surface area contributed by atoms with Gasteiger partial charge in [-0.1, -0.05) is 0 Å². The molecule has 1 aliphatic carbocycles. The first kappa shape index (κ1) is 16.8. The Bertz CT molecular complexity index is 641. The van der Waals surface area contributed by atoms with Crippen LogP contribution in [0.1, 0.15) is 45.1 Å². The van der Waals surface area contributed by atoms with E-state index in [2.05, 4.69) is 10.2 Å². The highest BCUT2D eigenvalue weighted by Crippen LogP contribution is 2.38. The molecule has 6 heteroatoms. The third kappa shape index (κ3) is 3.90. The molecule has 1 aromatic heterocycles. The Labute approximate surface area is 142 Å². The van der Waals surface area contributed by atoms with E-state index in [0.29, 0.717) is 24.1 Å². The number of alkyl carbamates (subject to hydrolysis) is 1. The summed E-state index contributed by atoms with van der Waals surface area (Å²) in [4.78, 5) is 14.4. The van der Waals surface area contributed by atoms with Crippen LogP contribution in [0.2, 0.25) is 0 Å². The summed E-state index contributed by atoms with van der Waals surface area (Å²) < 4.78 is 10.8. The first-order valence-electron chi connectivity index (χ1n) is 8.55. The summed E-state index contributed by atoms with van der Waals surface area (Å²) >= 11 is 0. The largest absolute Gasteiger partial charge is 0.449 e. The summed E-state index contributed by atoms with van der Waals surface area (Å²) in [6, 6.07) is 5.77. The van der Waals surface area contributed by atoms with Crippen LogP contribution < -0.4 is 5.32 Å². The Morgan fingerprint density at radius 3 is 2.88 bits per heavy atom. The van der Waals surface area contributed by atoms with Crippen molar-refractivity contribution in [1.29, 1.82) is 5.26 Å². The van der Waals surface area contributed by atoms with Gasteiger partial charge in [-0.3, -0.25) is 4.90 Å². The number of ether oxygens (including phenoxy) is 1. The third-order valence-corrected chi connectivity index (χ3v) is 4.79. The summed E-state index contributed by atoms with van der Waals surface area (Å²) in [7, 11) is 0. The zero-order chi connectivity index (χ0) is 17.3. The number of hydrogen-bond acceptors (Lipinski definition) is 5. The molecule has 2 heterocycles. The Morgan fingerprint density at radius 1 is 1.42 bits per heavy atom. The van der Waals surface area contributed by atoms with Crippen LogP contribution in [0.3, 0.4) is 0 Å². The van der Waals surface area contributed by atoms with Crippen molar-refractivity contribution in [1.82, 2.24) is 10.2 Å². The monoisotopic (exact) mass is 331 g/mol. The molecule has 3 atom stereocenters. The van der Waals surface area contributed by atoms with Gasteiger partial charge in [-0.25, -0.2) is 4.79 Å². The molecule has 2 aliphatic rings. The highest BCUT2D eigenvalue weighted by atomic mass is 16.6. The van der Waals surface area contributed by atoms with Crippen LogP contribution in [-0.2, 0) is 11.3 Å². The first-order valence-corrected chi connectivity index (χ1v) is 8.55. The Hall–Kier alpha value is -2.00. The number of nitrogens with one attached hydrogen (secondary N) is 1. The topological polar surface area (TPSA) is 78.5 Å². The van der Waals surface area contributed by atoms with Crippen molar-refractivity contribution in [3.8, 4) is 6.07 Å². The molecule has 130 valence electrons. The first-order chi connectivity index (χ1) is 11.3. The maximum atomic E-state index is 12.0. The quantitative estimate of drug-likeness (QED) is 0.921. The molecule has 1 aromatic rings. The number of likely N-dealkylation sites (tertiary alicyclic amines) is 1. The molecular formula is C18H25N3O3. The lowest BCUT2D eigenvalue weighted by molar-refractivity contribution is 0.0491. The predicted molar refractivity (Wildman–Crippen MR) is 88.1 cm³/mol. The number of carbonyl (C=O) groups is 1. The molecule has 0 spiro atoms. The van der Waals surface area contributed by atoms with Crippen LogP contribution in [0, 0.1) is 23.2 Å². The van der Waals surface area contributed by atoms with Gasteiger partial charge in [0.2, 0.25) is 5.76 Å². The van der Waals surface area contributed by atoms with Crippen LogP contribution >= 0.6 is 0 Å². The van der Waals surface area contributed by atoms with E-state index in [1.54, 1.807) is 6.07 Å². The Balaban J connectivity index is 1.54. The molecule has 6 nitrogen and oxygen atoms in total. The lowest BCUT2D eigenvalue weighted by Gasteiger charge is -2.24. The number of nitrogens with zero attached hydrogens (tertiary/aromatic N) is 2. The highest BCUT2D eigenvalue weighted by molar-refractivity contribution is 5.68. The van der Waals surface area contributed by atoms with E-state index < -0.39 is 5.60 Å². The average molecular weight is 331 g/mol. The zero-order valence-corrected chi connectivity index (χ0v) is 14.5. The SMILES string of the molecule is CC(C)(C)OC(=O)NC1CCC2CN(Cc3ccc(C#N)o3)CC21. The minimum absolute atomic E-state index is 0.182. The van der Waals surface area contributed by atoms with Gasteiger partial charge in [-0.05, 0) is 57.6 Å². The van der Waals surface area contributed by atoms with Gasteiger partial charge in [0.25, 0.3) is 0 Å². The molecule has 0 bridgehead atoms. The van der Waals surface area contributed by atoms with E-state index in [1.807, 2.05) is 32.9 Å². The second-order valence-corrected chi connectivity index (χ2v) is 7.83. The molecule has 1 N–H and O–H groups in total. The Morgan fingerprint density at radius 2 is 2.21 bits per heavy atom. The molecule has 0 radical (unpaired) electrons. The highest BCUT2D eigenvalue weighted by Gasteiger charge is 2.43. The van der Waals surface area contributed by atoms with Crippen molar-refractivity contribution in [3.05, 3.63) is 23.7 Å². The van der Waals surface area contributed by atoms with Gasteiger partial charge >= 0.3 is 6.09 Å². The lowest BCUT2D eigenvalue weighted by Crippen LogP contribution is -2.42. The summed E-state index contributed by atoms with van der Waals surface area (Å²) in [5, 5.41) is 11.9. The minimum Gasteiger partial charge on any atom is -0.449 e. The number of carbonyl (C=O) groups excluding carboxylic acids is 1. The van der Waals surface area contributed by atoms with E-state index in [9.17, 15) is 4.79 Å². The number of hydrogen-bond donors (Lipinski definition) is 1. The van der Waals surface area contributed by atoms with Crippen LogP contribution in [0.15, 0.2) is 16.5 Å². The van der Waals surface area contributed by atoms with Gasteiger partial charge in [-0.2, -0.15) is 5.26 Å². The maximum Gasteiger partial charge on any atom is 0.407 e. The summed E-state index contributed by atoms with van der Waals surface area (Å²) in [6.45, 7) is 8.29. The lowest BCUT2D eigenvalue weighted by atomic mass is 9.98. The van der Waals surface area contributed by atoms with Gasteiger partial charge in [0, 0.05) is 19.1 Å². The molecule has 1 amide bonds. The number of fused-ring (bicyclic) bond motifs is 1. The van der Waals surface area contributed by atoms with Crippen molar-refractivity contribution >= 4 is 6.09 Å². The molecule has 1 saturated heterocycles. The van der Waals surface area contributed by atoms with E-state index in [4.69, 9.17) is 14.4 Å². The van der Waals surface area contributed by atoms with Crippen LogP contribution in [0.5, 0.6) is 0 Å². The Kier molecular flexibility index (Phi) is 4.55. The van der Waals surface area contributed by atoms with Crippen LogP contribution in [-0.4, -0.2) is 35.7 Å². The second kappa shape index (κ2) is 6.48. The molecule has 2 fully saturated rings. The fourth-order valence-electron chi connectivity index (χ4n) is 3.87. The third-order valence-electron chi connectivity index (χ3n) is 4.79.